The first-order valence-corrected chi connectivity index (χ1v) is 10.6. The maximum absolute atomic E-state index is 13.8. The minimum absolute atomic E-state index is 0.105. The average Bonchev–Trinajstić information content (AvgIpc) is 3.15. The Kier molecular flexibility index (Phi) is 4.77. The molecule has 2 heterocycles. The summed E-state index contributed by atoms with van der Waals surface area (Å²) in [5.74, 6) is -0.0425. The van der Waals surface area contributed by atoms with Gasteiger partial charge in [-0.1, -0.05) is 35.9 Å². The summed E-state index contributed by atoms with van der Waals surface area (Å²) in [5, 5.41) is 3.85. The molecule has 3 atom stereocenters. The predicted octanol–water partition coefficient (Wildman–Crippen LogP) is 3.20. The van der Waals surface area contributed by atoms with Crippen LogP contribution in [-0.2, 0) is 15.8 Å². The average molecular weight is 395 g/mol. The third-order valence-electron chi connectivity index (χ3n) is 5.31. The molecule has 2 aromatic carbocycles. The Labute approximate surface area is 158 Å². The van der Waals surface area contributed by atoms with E-state index in [2.05, 4.69) is 5.32 Å². The van der Waals surface area contributed by atoms with Gasteiger partial charge >= 0.3 is 0 Å². The summed E-state index contributed by atoms with van der Waals surface area (Å²) in [6, 6.07) is 12.9. The van der Waals surface area contributed by atoms with Crippen LogP contribution in [0.3, 0.4) is 0 Å². The van der Waals surface area contributed by atoms with E-state index in [1.165, 1.54) is 12.1 Å². The molecule has 2 saturated heterocycles. The van der Waals surface area contributed by atoms with Gasteiger partial charge in [0.2, 0.25) is 10.0 Å². The lowest BCUT2D eigenvalue weighted by molar-refractivity contribution is 0.344. The summed E-state index contributed by atoms with van der Waals surface area (Å²) >= 11 is 5.99. The topological polar surface area (TPSA) is 49.4 Å². The van der Waals surface area contributed by atoms with Gasteiger partial charge in [-0.05, 0) is 53.8 Å². The van der Waals surface area contributed by atoms with Gasteiger partial charge in [0.05, 0.1) is 11.8 Å². The van der Waals surface area contributed by atoms with Crippen molar-refractivity contribution < 1.29 is 12.8 Å². The number of fused-ring (bicyclic) bond motifs is 1. The standard InChI is InChI=1S/C19H20ClFN2O2S/c20-16-5-1-3-13(7-16)12-26(24,25)23-11-15-9-22-10-18(15)19(23)14-4-2-6-17(21)8-14/h1-8,15,18-19,22H,9-12H2/t15-,18-,19+/m0/s1. The van der Waals surface area contributed by atoms with E-state index in [0.717, 1.165) is 18.7 Å². The number of hydrogen-bond donors (Lipinski definition) is 1. The van der Waals surface area contributed by atoms with Gasteiger partial charge < -0.3 is 5.32 Å². The van der Waals surface area contributed by atoms with Crippen LogP contribution in [0.15, 0.2) is 48.5 Å². The van der Waals surface area contributed by atoms with E-state index in [0.29, 0.717) is 17.1 Å². The highest BCUT2D eigenvalue weighted by molar-refractivity contribution is 7.88. The highest BCUT2D eigenvalue weighted by atomic mass is 35.5. The van der Waals surface area contributed by atoms with Crippen LogP contribution >= 0.6 is 11.6 Å². The second-order valence-corrected chi connectivity index (χ2v) is 9.40. The van der Waals surface area contributed by atoms with Crippen LogP contribution in [-0.4, -0.2) is 32.4 Å². The van der Waals surface area contributed by atoms with E-state index >= 15 is 0 Å². The van der Waals surface area contributed by atoms with Gasteiger partial charge in [0.25, 0.3) is 0 Å². The quantitative estimate of drug-likeness (QED) is 0.866. The van der Waals surface area contributed by atoms with Crippen LogP contribution < -0.4 is 5.32 Å². The minimum Gasteiger partial charge on any atom is -0.316 e. The SMILES string of the molecule is O=S(=O)(Cc1cccc(Cl)c1)N1C[C@@H]2CNC[C@@H]2[C@H]1c1cccc(F)c1. The Hall–Kier alpha value is -1.47. The summed E-state index contributed by atoms with van der Waals surface area (Å²) in [7, 11) is -3.56. The fourth-order valence-electron chi connectivity index (χ4n) is 4.19. The Morgan fingerprint density at radius 3 is 2.73 bits per heavy atom. The molecule has 2 aliphatic rings. The molecule has 0 saturated carbocycles. The van der Waals surface area contributed by atoms with Crippen molar-refractivity contribution in [3.8, 4) is 0 Å². The van der Waals surface area contributed by atoms with Crippen molar-refractivity contribution in [3.05, 3.63) is 70.5 Å². The zero-order valence-corrected chi connectivity index (χ0v) is 15.7. The molecule has 0 radical (unpaired) electrons. The molecular weight excluding hydrogens is 375 g/mol. The molecule has 2 fully saturated rings. The predicted molar refractivity (Wildman–Crippen MR) is 99.8 cm³/mol. The molecular formula is C19H20ClFN2O2S. The summed E-state index contributed by atoms with van der Waals surface area (Å²) in [4.78, 5) is 0. The lowest BCUT2D eigenvalue weighted by Crippen LogP contribution is -2.35. The molecule has 0 unspecified atom stereocenters. The highest BCUT2D eigenvalue weighted by Gasteiger charge is 2.49. The lowest BCUT2D eigenvalue weighted by atomic mass is 9.90. The molecule has 0 aliphatic carbocycles. The molecule has 26 heavy (non-hydrogen) atoms. The number of hydrogen-bond acceptors (Lipinski definition) is 3. The van der Waals surface area contributed by atoms with E-state index in [1.807, 2.05) is 6.07 Å². The zero-order chi connectivity index (χ0) is 18.3. The fourth-order valence-corrected chi connectivity index (χ4v) is 6.21. The first-order chi connectivity index (χ1) is 12.4. The van der Waals surface area contributed by atoms with Crippen LogP contribution in [0.5, 0.6) is 0 Å². The Morgan fingerprint density at radius 2 is 1.96 bits per heavy atom. The Bertz CT molecular complexity index is 921. The number of rotatable bonds is 4. The first kappa shape index (κ1) is 17.9. The van der Waals surface area contributed by atoms with Crippen molar-refractivity contribution in [1.82, 2.24) is 9.62 Å². The van der Waals surface area contributed by atoms with Crippen molar-refractivity contribution in [2.45, 2.75) is 11.8 Å². The summed E-state index contributed by atoms with van der Waals surface area (Å²) in [6.07, 6.45) is 0. The molecule has 7 heteroatoms. The van der Waals surface area contributed by atoms with Crippen LogP contribution in [0.25, 0.3) is 0 Å². The van der Waals surface area contributed by atoms with E-state index in [4.69, 9.17) is 11.6 Å². The van der Waals surface area contributed by atoms with E-state index in [-0.39, 0.29) is 29.4 Å². The second-order valence-electron chi connectivity index (χ2n) is 7.04. The third-order valence-corrected chi connectivity index (χ3v) is 7.33. The van der Waals surface area contributed by atoms with Gasteiger partial charge in [0.15, 0.2) is 0 Å². The van der Waals surface area contributed by atoms with Crippen molar-refractivity contribution >= 4 is 21.6 Å². The van der Waals surface area contributed by atoms with Crippen molar-refractivity contribution in [1.29, 1.82) is 0 Å². The van der Waals surface area contributed by atoms with E-state index in [9.17, 15) is 12.8 Å². The fraction of sp³-hybridized carbons (Fsp3) is 0.368. The number of benzene rings is 2. The molecule has 4 rings (SSSR count). The summed E-state index contributed by atoms with van der Waals surface area (Å²) in [5.41, 5.74) is 1.38. The largest absolute Gasteiger partial charge is 0.316 e. The van der Waals surface area contributed by atoms with Crippen molar-refractivity contribution in [3.63, 3.8) is 0 Å². The van der Waals surface area contributed by atoms with Crippen LogP contribution in [0, 0.1) is 17.7 Å². The van der Waals surface area contributed by atoms with Gasteiger partial charge in [-0.15, -0.1) is 0 Å². The van der Waals surface area contributed by atoms with Crippen LogP contribution in [0.1, 0.15) is 17.2 Å². The van der Waals surface area contributed by atoms with Crippen LogP contribution in [0.4, 0.5) is 4.39 Å². The highest BCUT2D eigenvalue weighted by Crippen LogP contribution is 2.44. The zero-order valence-electron chi connectivity index (χ0n) is 14.1. The molecule has 2 aromatic rings. The van der Waals surface area contributed by atoms with Crippen LogP contribution in [0.2, 0.25) is 5.02 Å². The number of sulfonamides is 1. The van der Waals surface area contributed by atoms with Gasteiger partial charge in [-0.3, -0.25) is 0 Å². The number of nitrogens with one attached hydrogen (secondary N) is 1. The molecule has 4 nitrogen and oxygen atoms in total. The molecule has 2 aliphatic heterocycles. The molecule has 0 aromatic heterocycles. The molecule has 0 bridgehead atoms. The molecule has 1 N–H and O–H groups in total. The van der Waals surface area contributed by atoms with E-state index in [1.54, 1.807) is 34.6 Å². The summed E-state index contributed by atoms with van der Waals surface area (Å²) < 4.78 is 41.7. The Morgan fingerprint density at radius 1 is 1.15 bits per heavy atom. The number of nitrogens with zero attached hydrogens (tertiary/aromatic N) is 1. The van der Waals surface area contributed by atoms with Gasteiger partial charge in [-0.25, -0.2) is 12.8 Å². The van der Waals surface area contributed by atoms with Gasteiger partial charge in [0.1, 0.15) is 5.82 Å². The maximum Gasteiger partial charge on any atom is 0.218 e. The monoisotopic (exact) mass is 394 g/mol. The number of halogens is 2. The minimum atomic E-state index is -3.56. The van der Waals surface area contributed by atoms with Crippen molar-refractivity contribution in [2.24, 2.45) is 11.8 Å². The molecule has 0 amide bonds. The second kappa shape index (κ2) is 6.93. The molecule has 0 spiro atoms. The van der Waals surface area contributed by atoms with Crippen molar-refractivity contribution in [2.75, 3.05) is 19.6 Å². The van der Waals surface area contributed by atoms with Gasteiger partial charge in [-0.2, -0.15) is 4.31 Å². The molecule has 138 valence electrons. The normalized spacial score (nSPS) is 26.2. The first-order valence-electron chi connectivity index (χ1n) is 8.64. The Balaban J connectivity index is 1.69. The third kappa shape index (κ3) is 3.39. The maximum atomic E-state index is 13.8. The van der Waals surface area contributed by atoms with Gasteiger partial charge in [0, 0.05) is 18.1 Å². The van der Waals surface area contributed by atoms with E-state index < -0.39 is 10.0 Å². The lowest BCUT2D eigenvalue weighted by Gasteiger charge is -2.28. The smallest absolute Gasteiger partial charge is 0.218 e. The summed E-state index contributed by atoms with van der Waals surface area (Å²) in [6.45, 7) is 2.00.